The first kappa shape index (κ1) is 10.9. The van der Waals surface area contributed by atoms with E-state index in [1.165, 1.54) is 11.4 Å². The van der Waals surface area contributed by atoms with Crippen LogP contribution in [0.4, 0.5) is 11.4 Å². The van der Waals surface area contributed by atoms with Crippen molar-refractivity contribution in [2.45, 2.75) is 13.8 Å². The van der Waals surface area contributed by atoms with Crippen LogP contribution in [0, 0.1) is 5.92 Å². The van der Waals surface area contributed by atoms with Crippen molar-refractivity contribution < 1.29 is 0 Å². The Morgan fingerprint density at radius 3 is 2.14 bits per heavy atom. The summed E-state index contributed by atoms with van der Waals surface area (Å²) in [6.07, 6.45) is 0. The number of benzene rings is 1. The normalized spacial score (nSPS) is 10.4. The lowest BCUT2D eigenvalue weighted by Gasteiger charge is -2.14. The molecule has 2 heteroatoms. The van der Waals surface area contributed by atoms with Crippen molar-refractivity contribution in [1.82, 2.24) is 0 Å². The Labute approximate surface area is 86.9 Å². The Kier molecular flexibility index (Phi) is 3.81. The summed E-state index contributed by atoms with van der Waals surface area (Å²) in [5, 5.41) is 3.39. The summed E-state index contributed by atoms with van der Waals surface area (Å²) in [6.45, 7) is 5.45. The van der Waals surface area contributed by atoms with Crippen molar-refractivity contribution in [2.24, 2.45) is 5.92 Å². The van der Waals surface area contributed by atoms with Gasteiger partial charge in [-0.05, 0) is 30.2 Å². The highest BCUT2D eigenvalue weighted by molar-refractivity contribution is 5.54. The quantitative estimate of drug-likeness (QED) is 0.789. The summed E-state index contributed by atoms with van der Waals surface area (Å²) in [5.74, 6) is 0.684. The van der Waals surface area contributed by atoms with E-state index in [9.17, 15) is 0 Å². The Hall–Kier alpha value is -1.18. The molecule has 14 heavy (non-hydrogen) atoms. The van der Waals surface area contributed by atoms with E-state index in [1.807, 2.05) is 0 Å². The van der Waals surface area contributed by atoms with Gasteiger partial charge >= 0.3 is 0 Å². The maximum absolute atomic E-state index is 3.39. The predicted octanol–water partition coefficient (Wildman–Crippen LogP) is 2.82. The first-order valence-electron chi connectivity index (χ1n) is 5.11. The second kappa shape index (κ2) is 4.89. The highest BCUT2D eigenvalue weighted by atomic mass is 15.1. The average Bonchev–Trinajstić information content (AvgIpc) is 2.15. The number of hydrogen-bond donors (Lipinski definition) is 1. The number of nitrogens with one attached hydrogen (secondary N) is 1. The topological polar surface area (TPSA) is 15.3 Å². The maximum atomic E-state index is 3.39. The highest BCUT2D eigenvalue weighted by Gasteiger charge is 1.96. The third kappa shape index (κ3) is 3.29. The predicted molar refractivity (Wildman–Crippen MR) is 64.1 cm³/mol. The molecule has 0 heterocycles. The minimum atomic E-state index is 0.684. The average molecular weight is 192 g/mol. The van der Waals surface area contributed by atoms with Crippen molar-refractivity contribution in [3.63, 3.8) is 0 Å². The summed E-state index contributed by atoms with van der Waals surface area (Å²) in [7, 11) is 4.10. The van der Waals surface area contributed by atoms with Gasteiger partial charge in [-0.15, -0.1) is 0 Å². The van der Waals surface area contributed by atoms with E-state index in [2.05, 4.69) is 62.4 Å². The van der Waals surface area contributed by atoms with Crippen molar-refractivity contribution in [3.05, 3.63) is 24.3 Å². The van der Waals surface area contributed by atoms with Crippen LogP contribution in [0.3, 0.4) is 0 Å². The van der Waals surface area contributed by atoms with Crippen molar-refractivity contribution >= 4 is 11.4 Å². The summed E-state index contributed by atoms with van der Waals surface area (Å²) >= 11 is 0. The molecule has 2 nitrogen and oxygen atoms in total. The van der Waals surface area contributed by atoms with E-state index in [1.54, 1.807) is 0 Å². The second-order valence-corrected chi connectivity index (χ2v) is 4.22. The molecule has 0 bridgehead atoms. The van der Waals surface area contributed by atoms with Gasteiger partial charge in [0, 0.05) is 32.0 Å². The molecule has 0 saturated heterocycles. The van der Waals surface area contributed by atoms with E-state index >= 15 is 0 Å². The smallest absolute Gasteiger partial charge is 0.0362 e. The zero-order chi connectivity index (χ0) is 10.6. The molecule has 0 aliphatic carbocycles. The summed E-state index contributed by atoms with van der Waals surface area (Å²) in [4.78, 5) is 2.10. The molecule has 0 amide bonds. The third-order valence-corrected chi connectivity index (χ3v) is 2.10. The number of hydrogen-bond acceptors (Lipinski definition) is 2. The van der Waals surface area contributed by atoms with E-state index in [-0.39, 0.29) is 0 Å². The first-order chi connectivity index (χ1) is 6.59. The second-order valence-electron chi connectivity index (χ2n) is 4.22. The highest BCUT2D eigenvalue weighted by Crippen LogP contribution is 2.15. The van der Waals surface area contributed by atoms with Gasteiger partial charge in [0.2, 0.25) is 0 Å². The van der Waals surface area contributed by atoms with Gasteiger partial charge in [0.25, 0.3) is 0 Å². The molecule has 0 unspecified atom stereocenters. The van der Waals surface area contributed by atoms with Gasteiger partial charge in [-0.1, -0.05) is 13.8 Å². The Balaban J connectivity index is 2.55. The minimum absolute atomic E-state index is 0.684. The van der Waals surface area contributed by atoms with E-state index in [0.717, 1.165) is 6.54 Å². The molecule has 0 aliphatic rings. The first-order valence-corrected chi connectivity index (χ1v) is 5.11. The van der Waals surface area contributed by atoms with Crippen LogP contribution in [0.5, 0.6) is 0 Å². The van der Waals surface area contributed by atoms with Gasteiger partial charge in [-0.2, -0.15) is 0 Å². The van der Waals surface area contributed by atoms with Gasteiger partial charge in [-0.3, -0.25) is 0 Å². The van der Waals surface area contributed by atoms with Crippen LogP contribution >= 0.6 is 0 Å². The Morgan fingerprint density at radius 1 is 1.14 bits per heavy atom. The molecular weight excluding hydrogens is 172 g/mol. The van der Waals surface area contributed by atoms with E-state index < -0.39 is 0 Å². The molecule has 1 aromatic rings. The third-order valence-electron chi connectivity index (χ3n) is 2.10. The van der Waals surface area contributed by atoms with Gasteiger partial charge < -0.3 is 10.2 Å². The minimum Gasteiger partial charge on any atom is -0.385 e. The molecule has 0 radical (unpaired) electrons. The van der Waals surface area contributed by atoms with Crippen LogP contribution in [-0.4, -0.2) is 20.6 Å². The van der Waals surface area contributed by atoms with Crippen LogP contribution in [0.1, 0.15) is 13.8 Å². The molecule has 0 aliphatic heterocycles. The van der Waals surface area contributed by atoms with Crippen molar-refractivity contribution in [3.8, 4) is 0 Å². The van der Waals surface area contributed by atoms with Crippen LogP contribution in [0.2, 0.25) is 0 Å². The summed E-state index contributed by atoms with van der Waals surface area (Å²) < 4.78 is 0. The lowest BCUT2D eigenvalue weighted by molar-refractivity contribution is 0.689. The lowest BCUT2D eigenvalue weighted by Crippen LogP contribution is -2.10. The summed E-state index contributed by atoms with van der Waals surface area (Å²) in [6, 6.07) is 8.50. The number of nitrogens with zero attached hydrogens (tertiary/aromatic N) is 1. The van der Waals surface area contributed by atoms with Crippen molar-refractivity contribution in [1.29, 1.82) is 0 Å². The van der Waals surface area contributed by atoms with E-state index in [0.29, 0.717) is 5.92 Å². The van der Waals surface area contributed by atoms with Crippen LogP contribution in [0.15, 0.2) is 24.3 Å². The van der Waals surface area contributed by atoms with Crippen molar-refractivity contribution in [2.75, 3.05) is 30.9 Å². The standard InChI is InChI=1S/C12H20N2/c1-10(2)9-13-11-5-7-12(8-6-11)14(3)4/h5-8,10,13H,9H2,1-4H3. The molecule has 78 valence electrons. The molecule has 1 N–H and O–H groups in total. The summed E-state index contributed by atoms with van der Waals surface area (Å²) in [5.41, 5.74) is 2.43. The zero-order valence-electron chi connectivity index (χ0n) is 9.54. The zero-order valence-corrected chi connectivity index (χ0v) is 9.54. The Bertz CT molecular complexity index is 262. The molecule has 1 rings (SSSR count). The SMILES string of the molecule is CC(C)CNc1ccc(N(C)C)cc1. The molecule has 0 aromatic heterocycles. The van der Waals surface area contributed by atoms with Crippen LogP contribution < -0.4 is 10.2 Å². The van der Waals surface area contributed by atoms with Gasteiger partial charge in [0.15, 0.2) is 0 Å². The fraction of sp³-hybridized carbons (Fsp3) is 0.500. The maximum Gasteiger partial charge on any atom is 0.0362 e. The monoisotopic (exact) mass is 192 g/mol. The lowest BCUT2D eigenvalue weighted by atomic mass is 10.2. The number of anilines is 2. The van der Waals surface area contributed by atoms with E-state index in [4.69, 9.17) is 0 Å². The largest absolute Gasteiger partial charge is 0.385 e. The molecular formula is C12H20N2. The Morgan fingerprint density at radius 2 is 1.71 bits per heavy atom. The van der Waals surface area contributed by atoms with Gasteiger partial charge in [0.1, 0.15) is 0 Å². The van der Waals surface area contributed by atoms with Gasteiger partial charge in [-0.25, -0.2) is 0 Å². The molecule has 0 atom stereocenters. The molecule has 0 spiro atoms. The molecule has 1 aromatic carbocycles. The molecule has 0 saturated carbocycles. The fourth-order valence-corrected chi connectivity index (χ4v) is 1.20. The van der Waals surface area contributed by atoms with Crippen LogP contribution in [-0.2, 0) is 0 Å². The number of rotatable bonds is 4. The van der Waals surface area contributed by atoms with Crippen LogP contribution in [0.25, 0.3) is 0 Å². The van der Waals surface area contributed by atoms with Gasteiger partial charge in [0.05, 0.1) is 0 Å². The molecule has 0 fully saturated rings. The fourth-order valence-electron chi connectivity index (χ4n) is 1.20.